The number of nitrogens with zero attached hydrogens (tertiary/aromatic N) is 2. The molecule has 184 valence electrons. The number of aromatic nitrogens is 2. The first kappa shape index (κ1) is 22.3. The van der Waals surface area contributed by atoms with Crippen molar-refractivity contribution in [2.75, 3.05) is 0 Å². The van der Waals surface area contributed by atoms with E-state index in [1.807, 2.05) is 72.8 Å². The first-order valence-corrected chi connectivity index (χ1v) is 14.8. The third-order valence-corrected chi connectivity index (χ3v) is 10.9. The van der Waals surface area contributed by atoms with E-state index in [9.17, 15) is 0 Å². The van der Waals surface area contributed by atoms with E-state index in [4.69, 9.17) is 4.98 Å². The van der Waals surface area contributed by atoms with Crippen LogP contribution in [0.5, 0.6) is 0 Å². The van der Waals surface area contributed by atoms with Gasteiger partial charge in [0.2, 0.25) is 0 Å². The van der Waals surface area contributed by atoms with Crippen LogP contribution in [0.1, 0.15) is 0 Å². The summed E-state index contributed by atoms with van der Waals surface area (Å²) >= 11 is 0. The molecule has 0 aliphatic rings. The van der Waals surface area contributed by atoms with Gasteiger partial charge in [-0.3, -0.25) is 4.40 Å². The van der Waals surface area contributed by atoms with Crippen LogP contribution in [0, 0.1) is 0 Å². The maximum Gasteiger partial charge on any atom is 0.171 e. The Morgan fingerprint density at radius 3 is 1.85 bits per heavy atom. The van der Waals surface area contributed by atoms with Gasteiger partial charge in [-0.2, -0.15) is 0 Å². The minimum atomic E-state index is -3.13. The van der Waals surface area contributed by atoms with E-state index in [0.717, 1.165) is 43.5 Å². The Hall–Kier alpha value is -4.72. The maximum absolute atomic E-state index is 15.2. The van der Waals surface area contributed by atoms with Crippen LogP contribution in [0.15, 0.2) is 140 Å². The molecule has 0 saturated heterocycles. The van der Waals surface area contributed by atoms with Crippen molar-refractivity contribution in [3.05, 3.63) is 140 Å². The van der Waals surface area contributed by atoms with E-state index in [2.05, 4.69) is 71.1 Å². The second-order valence-electron chi connectivity index (χ2n) is 9.95. The molecule has 0 bridgehead atoms. The second kappa shape index (κ2) is 8.39. The number of rotatable bonds is 3. The minimum Gasteiger partial charge on any atom is -0.309 e. The minimum absolute atomic E-state index is 0.802. The van der Waals surface area contributed by atoms with E-state index in [-0.39, 0.29) is 0 Å². The second-order valence-corrected chi connectivity index (χ2v) is 12.7. The summed E-state index contributed by atoms with van der Waals surface area (Å²) in [5.74, 6) is 0. The standard InChI is InChI=1S/C35H23N2OP/c38-39(25-12-3-1-4-13-25,26-14-5-2-6-15-26)27-20-22-32-33(23-27)37-34-28-16-8-7-11-24(28)19-21-30(34)29-17-9-10-18-31(29)35(37)36-32/h1-23H. The van der Waals surface area contributed by atoms with Gasteiger partial charge >= 0.3 is 0 Å². The van der Waals surface area contributed by atoms with Gasteiger partial charge in [0.25, 0.3) is 0 Å². The molecule has 2 aromatic heterocycles. The third-order valence-electron chi connectivity index (χ3n) is 7.82. The van der Waals surface area contributed by atoms with Crippen LogP contribution in [-0.4, -0.2) is 9.38 Å². The molecule has 3 nitrogen and oxygen atoms in total. The molecule has 0 radical (unpaired) electrons. The highest BCUT2D eigenvalue weighted by molar-refractivity contribution is 7.85. The lowest BCUT2D eigenvalue weighted by atomic mass is 10.0. The molecule has 39 heavy (non-hydrogen) atoms. The van der Waals surface area contributed by atoms with Crippen LogP contribution >= 0.6 is 7.14 Å². The fraction of sp³-hybridized carbons (Fsp3) is 0. The molecule has 0 aliphatic heterocycles. The molecule has 8 aromatic rings. The fourth-order valence-electron chi connectivity index (χ4n) is 6.02. The monoisotopic (exact) mass is 518 g/mol. The molecule has 0 fully saturated rings. The molecule has 0 spiro atoms. The number of benzene rings is 6. The number of hydrogen-bond donors (Lipinski definition) is 0. The maximum atomic E-state index is 15.2. The van der Waals surface area contributed by atoms with Gasteiger partial charge in [0, 0.05) is 32.1 Å². The number of fused-ring (bicyclic) bond motifs is 10. The largest absolute Gasteiger partial charge is 0.309 e. The molecule has 0 aliphatic carbocycles. The Bertz CT molecular complexity index is 2210. The summed E-state index contributed by atoms with van der Waals surface area (Å²) in [5, 5.41) is 8.26. The summed E-state index contributed by atoms with van der Waals surface area (Å²) in [7, 11) is -3.13. The molecule has 0 amide bonds. The topological polar surface area (TPSA) is 34.4 Å². The highest BCUT2D eigenvalue weighted by atomic mass is 31.2. The SMILES string of the molecule is O=P(c1ccccc1)(c1ccccc1)c1ccc2nc3c4ccccc4c4ccc5ccccc5c4n3c2c1. The van der Waals surface area contributed by atoms with Gasteiger partial charge in [-0.1, -0.05) is 121 Å². The Labute approximate surface area is 225 Å². The summed E-state index contributed by atoms with van der Waals surface area (Å²) in [6, 6.07) is 47.2. The smallest absolute Gasteiger partial charge is 0.171 e. The molecule has 2 heterocycles. The number of imidazole rings is 1. The molecule has 0 unspecified atom stereocenters. The van der Waals surface area contributed by atoms with Gasteiger partial charge < -0.3 is 4.57 Å². The quantitative estimate of drug-likeness (QED) is 0.178. The Morgan fingerprint density at radius 1 is 0.513 bits per heavy atom. The lowest BCUT2D eigenvalue weighted by molar-refractivity contribution is 0.592. The highest BCUT2D eigenvalue weighted by Crippen LogP contribution is 2.43. The van der Waals surface area contributed by atoms with Gasteiger partial charge in [-0.05, 0) is 29.0 Å². The van der Waals surface area contributed by atoms with E-state index in [1.54, 1.807) is 0 Å². The average molecular weight is 519 g/mol. The van der Waals surface area contributed by atoms with Crippen molar-refractivity contribution < 1.29 is 4.57 Å². The van der Waals surface area contributed by atoms with Crippen LogP contribution in [0.2, 0.25) is 0 Å². The first-order valence-electron chi connectivity index (χ1n) is 13.1. The van der Waals surface area contributed by atoms with Crippen LogP contribution in [-0.2, 0) is 4.57 Å². The lowest BCUT2D eigenvalue weighted by Crippen LogP contribution is -2.24. The van der Waals surface area contributed by atoms with Crippen molar-refractivity contribution in [2.45, 2.75) is 0 Å². The van der Waals surface area contributed by atoms with Crippen LogP contribution in [0.25, 0.3) is 49.1 Å². The zero-order valence-corrected chi connectivity index (χ0v) is 21.9. The molecule has 6 aromatic carbocycles. The third kappa shape index (κ3) is 3.17. The molecule has 0 atom stereocenters. The number of hydrogen-bond acceptors (Lipinski definition) is 2. The summed E-state index contributed by atoms with van der Waals surface area (Å²) < 4.78 is 17.5. The Balaban J connectivity index is 1.56. The van der Waals surface area contributed by atoms with Crippen LogP contribution in [0.3, 0.4) is 0 Å². The van der Waals surface area contributed by atoms with Crippen LogP contribution < -0.4 is 15.9 Å². The predicted molar refractivity (Wildman–Crippen MR) is 165 cm³/mol. The van der Waals surface area contributed by atoms with Crippen molar-refractivity contribution in [3.8, 4) is 0 Å². The molecular weight excluding hydrogens is 495 g/mol. The lowest BCUT2D eigenvalue weighted by Gasteiger charge is -2.20. The van der Waals surface area contributed by atoms with Gasteiger partial charge in [0.05, 0.1) is 16.6 Å². The van der Waals surface area contributed by atoms with Crippen LogP contribution in [0.4, 0.5) is 0 Å². The fourth-order valence-corrected chi connectivity index (χ4v) is 8.68. The van der Waals surface area contributed by atoms with Crippen molar-refractivity contribution in [3.63, 3.8) is 0 Å². The first-order chi connectivity index (χ1) is 19.2. The van der Waals surface area contributed by atoms with Gasteiger partial charge in [0.1, 0.15) is 5.65 Å². The predicted octanol–water partition coefficient (Wildman–Crippen LogP) is 7.59. The van der Waals surface area contributed by atoms with E-state index < -0.39 is 7.14 Å². The Kier molecular flexibility index (Phi) is 4.79. The van der Waals surface area contributed by atoms with Crippen molar-refractivity contribution >= 4 is 72.2 Å². The van der Waals surface area contributed by atoms with E-state index >= 15 is 4.57 Å². The van der Waals surface area contributed by atoms with E-state index in [0.29, 0.717) is 0 Å². The summed E-state index contributed by atoms with van der Waals surface area (Å²) in [6.45, 7) is 0. The van der Waals surface area contributed by atoms with Crippen molar-refractivity contribution in [1.29, 1.82) is 0 Å². The summed E-state index contributed by atoms with van der Waals surface area (Å²) in [6.07, 6.45) is 0. The summed E-state index contributed by atoms with van der Waals surface area (Å²) in [5.41, 5.74) is 3.88. The number of pyridine rings is 1. The average Bonchev–Trinajstić information content (AvgIpc) is 3.40. The van der Waals surface area contributed by atoms with Gasteiger partial charge in [0.15, 0.2) is 7.14 Å². The molecule has 0 saturated carbocycles. The molecule has 8 rings (SSSR count). The summed E-state index contributed by atoms with van der Waals surface area (Å²) in [4.78, 5) is 5.14. The highest BCUT2D eigenvalue weighted by Gasteiger charge is 2.30. The normalized spacial score (nSPS) is 12.2. The Morgan fingerprint density at radius 2 is 1.13 bits per heavy atom. The van der Waals surface area contributed by atoms with E-state index in [1.165, 1.54) is 21.5 Å². The molecule has 4 heteroatoms. The zero-order valence-electron chi connectivity index (χ0n) is 21.0. The van der Waals surface area contributed by atoms with Gasteiger partial charge in [-0.15, -0.1) is 0 Å². The van der Waals surface area contributed by atoms with Crippen molar-refractivity contribution in [2.24, 2.45) is 0 Å². The molecular formula is C35H23N2OP. The van der Waals surface area contributed by atoms with Gasteiger partial charge in [-0.25, -0.2) is 4.98 Å². The molecule has 0 N–H and O–H groups in total. The van der Waals surface area contributed by atoms with Crippen molar-refractivity contribution in [1.82, 2.24) is 9.38 Å². The zero-order chi connectivity index (χ0) is 26.0.